The molecule has 1 atom stereocenters. The van der Waals surface area contributed by atoms with Gasteiger partial charge in [0, 0.05) is 24.5 Å². The van der Waals surface area contributed by atoms with Crippen LogP contribution in [-0.2, 0) is 6.54 Å². The van der Waals surface area contributed by atoms with Gasteiger partial charge in [-0.2, -0.15) is 5.10 Å². The summed E-state index contributed by atoms with van der Waals surface area (Å²) in [5, 5.41) is 7.59. The summed E-state index contributed by atoms with van der Waals surface area (Å²) >= 11 is 0. The van der Waals surface area contributed by atoms with Crippen molar-refractivity contribution in [3.8, 4) is 5.75 Å². The van der Waals surface area contributed by atoms with Crippen molar-refractivity contribution >= 4 is 11.6 Å². The molecule has 0 aliphatic rings. The van der Waals surface area contributed by atoms with E-state index in [4.69, 9.17) is 10.5 Å². The van der Waals surface area contributed by atoms with Gasteiger partial charge in [0.15, 0.2) is 5.96 Å². The zero-order chi connectivity index (χ0) is 18.4. The van der Waals surface area contributed by atoms with Gasteiger partial charge in [0.25, 0.3) is 0 Å². The third kappa shape index (κ3) is 6.14. The summed E-state index contributed by atoms with van der Waals surface area (Å²) in [5.41, 5.74) is 9.09. The van der Waals surface area contributed by atoms with E-state index in [-0.39, 0.29) is 6.10 Å². The molecular formula is C19H29N5O. The Kier molecular flexibility index (Phi) is 6.44. The largest absolute Gasteiger partial charge is 0.491 e. The van der Waals surface area contributed by atoms with E-state index in [0.717, 1.165) is 23.7 Å². The van der Waals surface area contributed by atoms with E-state index in [1.165, 1.54) is 5.69 Å². The Morgan fingerprint density at radius 2 is 1.92 bits per heavy atom. The molecule has 3 N–H and O–H groups in total. The fourth-order valence-corrected chi connectivity index (χ4v) is 2.54. The average molecular weight is 343 g/mol. The van der Waals surface area contributed by atoms with Crippen molar-refractivity contribution in [2.75, 3.05) is 11.9 Å². The normalized spacial score (nSPS) is 13.1. The number of hydrogen-bond acceptors (Lipinski definition) is 3. The van der Waals surface area contributed by atoms with Crippen LogP contribution in [0.4, 0.5) is 5.69 Å². The molecule has 0 fully saturated rings. The Morgan fingerprint density at radius 3 is 2.48 bits per heavy atom. The van der Waals surface area contributed by atoms with Crippen molar-refractivity contribution in [3.05, 3.63) is 41.7 Å². The SMILES string of the molecule is Cc1cc(C)n(CC(C)CN=C(N)Nc2ccc(OC(C)C)cc2)n1. The van der Waals surface area contributed by atoms with Gasteiger partial charge in [-0.15, -0.1) is 0 Å². The molecule has 0 spiro atoms. The second-order valence-electron chi connectivity index (χ2n) is 6.76. The van der Waals surface area contributed by atoms with Gasteiger partial charge in [-0.3, -0.25) is 9.67 Å². The van der Waals surface area contributed by atoms with E-state index < -0.39 is 0 Å². The van der Waals surface area contributed by atoms with Crippen molar-refractivity contribution in [1.29, 1.82) is 0 Å². The fourth-order valence-electron chi connectivity index (χ4n) is 2.54. The molecule has 0 aliphatic carbocycles. The Labute approximate surface area is 150 Å². The lowest BCUT2D eigenvalue weighted by Crippen LogP contribution is -2.24. The molecule has 6 nitrogen and oxygen atoms in total. The third-order valence-electron chi connectivity index (χ3n) is 3.66. The first-order valence-corrected chi connectivity index (χ1v) is 8.68. The summed E-state index contributed by atoms with van der Waals surface area (Å²) < 4.78 is 7.64. The minimum absolute atomic E-state index is 0.161. The number of nitrogens with one attached hydrogen (secondary N) is 1. The summed E-state index contributed by atoms with van der Waals surface area (Å²) in [4.78, 5) is 4.43. The molecule has 0 amide bonds. The van der Waals surface area contributed by atoms with E-state index in [1.807, 2.05) is 49.7 Å². The van der Waals surface area contributed by atoms with Crippen LogP contribution in [0.15, 0.2) is 35.3 Å². The van der Waals surface area contributed by atoms with Crippen LogP contribution in [0.3, 0.4) is 0 Å². The molecule has 1 aromatic heterocycles. The van der Waals surface area contributed by atoms with Gasteiger partial charge in [-0.05, 0) is 63.9 Å². The van der Waals surface area contributed by atoms with Crippen molar-refractivity contribution in [2.45, 2.75) is 47.3 Å². The zero-order valence-electron chi connectivity index (χ0n) is 15.8. The van der Waals surface area contributed by atoms with Crippen LogP contribution >= 0.6 is 0 Å². The van der Waals surface area contributed by atoms with E-state index in [2.05, 4.69) is 35.3 Å². The second-order valence-corrected chi connectivity index (χ2v) is 6.76. The number of ether oxygens (including phenoxy) is 1. The lowest BCUT2D eigenvalue weighted by Gasteiger charge is -2.12. The number of anilines is 1. The summed E-state index contributed by atoms with van der Waals surface area (Å²) in [6, 6.07) is 9.78. The molecule has 1 aromatic carbocycles. The molecule has 6 heteroatoms. The van der Waals surface area contributed by atoms with Crippen LogP contribution in [0.2, 0.25) is 0 Å². The summed E-state index contributed by atoms with van der Waals surface area (Å²) in [6.45, 7) is 11.7. The van der Waals surface area contributed by atoms with Crippen LogP contribution in [0.25, 0.3) is 0 Å². The highest BCUT2D eigenvalue weighted by Crippen LogP contribution is 2.16. The van der Waals surface area contributed by atoms with E-state index in [9.17, 15) is 0 Å². The molecular weight excluding hydrogens is 314 g/mol. The minimum Gasteiger partial charge on any atom is -0.491 e. The first-order valence-electron chi connectivity index (χ1n) is 8.68. The van der Waals surface area contributed by atoms with Gasteiger partial charge >= 0.3 is 0 Å². The summed E-state index contributed by atoms with van der Waals surface area (Å²) in [5.74, 6) is 1.60. The number of nitrogens with zero attached hydrogens (tertiary/aromatic N) is 3. The first kappa shape index (κ1) is 18.8. The molecule has 0 aliphatic heterocycles. The van der Waals surface area contributed by atoms with Gasteiger partial charge in [0.05, 0.1) is 11.8 Å². The van der Waals surface area contributed by atoms with Crippen molar-refractivity contribution < 1.29 is 4.74 Å². The topological polar surface area (TPSA) is 77.5 Å². The lowest BCUT2D eigenvalue weighted by atomic mass is 10.2. The summed E-state index contributed by atoms with van der Waals surface area (Å²) in [7, 11) is 0. The standard InChI is InChI=1S/C19H29N5O/c1-13(2)25-18-8-6-17(7-9-18)22-19(20)21-11-14(3)12-24-16(5)10-15(4)23-24/h6-10,13-14H,11-12H2,1-5H3,(H3,20,21,22). The van der Waals surface area contributed by atoms with Crippen LogP contribution in [0, 0.1) is 19.8 Å². The van der Waals surface area contributed by atoms with Crippen LogP contribution < -0.4 is 15.8 Å². The van der Waals surface area contributed by atoms with E-state index in [1.54, 1.807) is 0 Å². The highest BCUT2D eigenvalue weighted by Gasteiger charge is 2.07. The number of guanidine groups is 1. The highest BCUT2D eigenvalue weighted by molar-refractivity contribution is 5.92. The van der Waals surface area contributed by atoms with Gasteiger partial charge in [0.1, 0.15) is 5.75 Å². The van der Waals surface area contributed by atoms with Crippen molar-refractivity contribution in [1.82, 2.24) is 9.78 Å². The summed E-state index contributed by atoms with van der Waals surface area (Å²) in [6.07, 6.45) is 0.161. The number of aliphatic imine (C=N–C) groups is 1. The molecule has 0 saturated carbocycles. The molecule has 0 bridgehead atoms. The molecule has 1 heterocycles. The Bertz CT molecular complexity index is 703. The maximum absolute atomic E-state index is 5.99. The molecule has 2 rings (SSSR count). The number of aryl methyl sites for hydroxylation is 2. The average Bonchev–Trinajstić information content (AvgIpc) is 2.84. The highest BCUT2D eigenvalue weighted by atomic mass is 16.5. The minimum atomic E-state index is 0.161. The monoisotopic (exact) mass is 343 g/mol. The number of aromatic nitrogens is 2. The van der Waals surface area contributed by atoms with Crippen molar-refractivity contribution in [2.24, 2.45) is 16.6 Å². The second kappa shape index (κ2) is 8.55. The molecule has 0 radical (unpaired) electrons. The Morgan fingerprint density at radius 1 is 1.24 bits per heavy atom. The number of benzene rings is 1. The Balaban J connectivity index is 1.85. The van der Waals surface area contributed by atoms with Gasteiger partial charge in [-0.1, -0.05) is 6.92 Å². The molecule has 0 saturated heterocycles. The van der Waals surface area contributed by atoms with Crippen molar-refractivity contribution in [3.63, 3.8) is 0 Å². The predicted molar refractivity (Wildman–Crippen MR) is 103 cm³/mol. The molecule has 1 unspecified atom stereocenters. The van der Waals surface area contributed by atoms with Crippen LogP contribution in [0.1, 0.15) is 32.2 Å². The quantitative estimate of drug-likeness (QED) is 0.597. The smallest absolute Gasteiger partial charge is 0.193 e. The number of rotatable bonds is 7. The van der Waals surface area contributed by atoms with E-state index in [0.29, 0.717) is 18.4 Å². The molecule has 25 heavy (non-hydrogen) atoms. The maximum Gasteiger partial charge on any atom is 0.193 e. The van der Waals surface area contributed by atoms with E-state index >= 15 is 0 Å². The molecule has 2 aromatic rings. The van der Waals surface area contributed by atoms with Gasteiger partial charge in [-0.25, -0.2) is 0 Å². The number of nitrogens with two attached hydrogens (primary N) is 1. The Hall–Kier alpha value is -2.50. The lowest BCUT2D eigenvalue weighted by molar-refractivity contribution is 0.242. The number of hydrogen-bond donors (Lipinski definition) is 2. The zero-order valence-corrected chi connectivity index (χ0v) is 15.8. The van der Waals surface area contributed by atoms with Gasteiger partial charge < -0.3 is 15.8 Å². The molecule has 136 valence electrons. The van der Waals surface area contributed by atoms with Gasteiger partial charge in [0.2, 0.25) is 0 Å². The maximum atomic E-state index is 5.99. The van der Waals surface area contributed by atoms with Crippen LogP contribution in [0.5, 0.6) is 5.75 Å². The first-order chi connectivity index (χ1) is 11.8. The fraction of sp³-hybridized carbons (Fsp3) is 0.474. The van der Waals surface area contributed by atoms with Crippen LogP contribution in [-0.4, -0.2) is 28.4 Å². The third-order valence-corrected chi connectivity index (χ3v) is 3.66. The predicted octanol–water partition coefficient (Wildman–Crippen LogP) is 3.35.